The van der Waals surface area contributed by atoms with E-state index in [-0.39, 0.29) is 6.10 Å². The molecule has 0 saturated heterocycles. The van der Waals surface area contributed by atoms with Gasteiger partial charge in [-0.05, 0) is 24.5 Å². The fourth-order valence-electron chi connectivity index (χ4n) is 1.63. The summed E-state index contributed by atoms with van der Waals surface area (Å²) in [6.45, 7) is 14.1. The standard InChI is InChI=1S/C9H13NOS.C4H10.C2H6/c1-6-4-7-8(5-10)11-3-2-9(7)12-6;1-4(2)3;1-2/h4,8H,2-3,5,10H2,1H3;4H,1-3H3;1-2H3. The molecule has 1 aromatic rings. The highest BCUT2D eigenvalue weighted by molar-refractivity contribution is 7.12. The lowest BCUT2D eigenvalue weighted by Gasteiger charge is -2.21. The third kappa shape index (κ3) is 5.98. The number of fused-ring (bicyclic) bond motifs is 1. The summed E-state index contributed by atoms with van der Waals surface area (Å²) >= 11 is 1.87. The Bertz CT molecular complexity index is 318. The highest BCUT2D eigenvalue weighted by Crippen LogP contribution is 2.32. The molecule has 3 heteroatoms. The molecule has 1 atom stereocenters. The van der Waals surface area contributed by atoms with Crippen molar-refractivity contribution in [3.05, 3.63) is 21.4 Å². The van der Waals surface area contributed by atoms with Gasteiger partial charge in [-0.3, -0.25) is 0 Å². The number of ether oxygens (including phenoxy) is 1. The number of hydrogen-bond acceptors (Lipinski definition) is 3. The van der Waals surface area contributed by atoms with E-state index >= 15 is 0 Å². The Morgan fingerprint density at radius 3 is 2.44 bits per heavy atom. The highest BCUT2D eigenvalue weighted by Gasteiger charge is 2.21. The lowest BCUT2D eigenvalue weighted by Crippen LogP contribution is -2.21. The predicted molar refractivity (Wildman–Crippen MR) is 82.4 cm³/mol. The van der Waals surface area contributed by atoms with E-state index in [0.29, 0.717) is 6.54 Å². The topological polar surface area (TPSA) is 35.2 Å². The van der Waals surface area contributed by atoms with Gasteiger partial charge in [0.15, 0.2) is 0 Å². The van der Waals surface area contributed by atoms with Crippen LogP contribution in [0.15, 0.2) is 6.07 Å². The molecule has 0 spiro atoms. The van der Waals surface area contributed by atoms with Crippen LogP contribution in [0.2, 0.25) is 0 Å². The summed E-state index contributed by atoms with van der Waals surface area (Å²) in [5, 5.41) is 0. The predicted octanol–water partition coefficient (Wildman–Crippen LogP) is 4.32. The van der Waals surface area contributed by atoms with Crippen molar-refractivity contribution in [3.63, 3.8) is 0 Å². The minimum atomic E-state index is 0.152. The lowest BCUT2D eigenvalue weighted by atomic mass is 10.1. The average Bonchev–Trinajstić information content (AvgIpc) is 2.70. The van der Waals surface area contributed by atoms with Crippen LogP contribution < -0.4 is 5.73 Å². The monoisotopic (exact) mass is 271 g/mol. The second-order valence-electron chi connectivity index (χ2n) is 4.81. The number of thiophene rings is 1. The van der Waals surface area contributed by atoms with Crippen LogP contribution >= 0.6 is 11.3 Å². The van der Waals surface area contributed by atoms with Gasteiger partial charge in [-0.1, -0.05) is 34.6 Å². The molecule has 0 radical (unpaired) electrons. The zero-order valence-corrected chi connectivity index (χ0v) is 13.6. The van der Waals surface area contributed by atoms with Gasteiger partial charge in [-0.25, -0.2) is 0 Å². The number of aryl methyl sites for hydroxylation is 1. The Kier molecular flexibility index (Phi) is 9.34. The molecule has 0 amide bonds. The quantitative estimate of drug-likeness (QED) is 0.825. The van der Waals surface area contributed by atoms with Gasteiger partial charge in [0, 0.05) is 22.7 Å². The van der Waals surface area contributed by atoms with Crippen molar-refractivity contribution in [1.82, 2.24) is 0 Å². The molecule has 1 unspecified atom stereocenters. The summed E-state index contributed by atoms with van der Waals surface area (Å²) in [6, 6.07) is 2.21. The molecule has 2 nitrogen and oxygen atoms in total. The van der Waals surface area contributed by atoms with Crippen LogP contribution in [0.5, 0.6) is 0 Å². The third-order valence-electron chi connectivity index (χ3n) is 2.17. The maximum atomic E-state index is 5.61. The summed E-state index contributed by atoms with van der Waals surface area (Å²) in [4.78, 5) is 2.83. The average molecular weight is 271 g/mol. The van der Waals surface area contributed by atoms with Gasteiger partial charge in [-0.2, -0.15) is 0 Å². The van der Waals surface area contributed by atoms with Gasteiger partial charge >= 0.3 is 0 Å². The van der Waals surface area contributed by atoms with Crippen molar-refractivity contribution >= 4 is 11.3 Å². The van der Waals surface area contributed by atoms with E-state index in [2.05, 4.69) is 33.8 Å². The van der Waals surface area contributed by atoms with Crippen molar-refractivity contribution in [2.24, 2.45) is 11.7 Å². The summed E-state index contributed by atoms with van der Waals surface area (Å²) < 4.78 is 5.55. The molecule has 0 saturated carbocycles. The van der Waals surface area contributed by atoms with Crippen LogP contribution in [-0.4, -0.2) is 13.2 Å². The maximum absolute atomic E-state index is 5.61. The van der Waals surface area contributed by atoms with Gasteiger partial charge in [0.2, 0.25) is 0 Å². The molecule has 1 aromatic heterocycles. The second kappa shape index (κ2) is 9.54. The van der Waals surface area contributed by atoms with E-state index in [4.69, 9.17) is 10.5 Å². The van der Waals surface area contributed by atoms with E-state index < -0.39 is 0 Å². The van der Waals surface area contributed by atoms with Crippen LogP contribution in [-0.2, 0) is 11.2 Å². The Morgan fingerprint density at radius 2 is 1.94 bits per heavy atom. The highest BCUT2D eigenvalue weighted by atomic mass is 32.1. The Hall–Kier alpha value is -0.380. The van der Waals surface area contributed by atoms with Crippen molar-refractivity contribution in [2.45, 2.75) is 54.1 Å². The maximum Gasteiger partial charge on any atom is 0.0958 e. The van der Waals surface area contributed by atoms with E-state index in [1.807, 2.05) is 25.2 Å². The zero-order chi connectivity index (χ0) is 14.1. The molecule has 0 aromatic carbocycles. The van der Waals surface area contributed by atoms with Crippen LogP contribution in [0, 0.1) is 12.8 Å². The normalized spacial score (nSPS) is 17.2. The molecule has 2 N–H and O–H groups in total. The Morgan fingerprint density at radius 1 is 1.39 bits per heavy atom. The molecule has 0 aliphatic carbocycles. The van der Waals surface area contributed by atoms with Crippen LogP contribution in [0.1, 0.15) is 56.0 Å². The van der Waals surface area contributed by atoms with Crippen molar-refractivity contribution in [2.75, 3.05) is 13.2 Å². The smallest absolute Gasteiger partial charge is 0.0958 e. The van der Waals surface area contributed by atoms with Crippen molar-refractivity contribution in [3.8, 4) is 0 Å². The summed E-state index contributed by atoms with van der Waals surface area (Å²) in [6.07, 6.45) is 1.21. The van der Waals surface area contributed by atoms with Gasteiger partial charge in [0.25, 0.3) is 0 Å². The molecule has 1 aliphatic heterocycles. The zero-order valence-electron chi connectivity index (χ0n) is 12.7. The molecule has 2 heterocycles. The summed E-state index contributed by atoms with van der Waals surface area (Å²) in [5.41, 5.74) is 6.93. The first-order valence-electron chi connectivity index (χ1n) is 6.95. The molecule has 0 fully saturated rings. The molecule has 1 aliphatic rings. The van der Waals surface area contributed by atoms with Gasteiger partial charge < -0.3 is 10.5 Å². The van der Waals surface area contributed by atoms with Crippen LogP contribution in [0.3, 0.4) is 0 Å². The van der Waals surface area contributed by atoms with E-state index in [1.54, 1.807) is 0 Å². The minimum Gasteiger partial charge on any atom is -0.372 e. The first-order chi connectivity index (χ1) is 8.54. The summed E-state index contributed by atoms with van der Waals surface area (Å²) in [5.74, 6) is 0.833. The number of rotatable bonds is 1. The number of hydrogen-bond donors (Lipinski definition) is 1. The van der Waals surface area contributed by atoms with Crippen LogP contribution in [0.4, 0.5) is 0 Å². The largest absolute Gasteiger partial charge is 0.372 e. The van der Waals surface area contributed by atoms with Crippen molar-refractivity contribution < 1.29 is 4.74 Å². The SMILES string of the molecule is CC.CC(C)C.Cc1cc2c(s1)CCOC2CN. The molecule has 2 rings (SSSR count). The molecule has 106 valence electrons. The first kappa shape index (κ1) is 17.6. The Balaban J connectivity index is 0.000000415. The fourth-order valence-corrected chi connectivity index (χ4v) is 2.70. The molecular weight excluding hydrogens is 242 g/mol. The van der Waals surface area contributed by atoms with E-state index in [1.165, 1.54) is 15.3 Å². The fraction of sp³-hybridized carbons (Fsp3) is 0.733. The van der Waals surface area contributed by atoms with Gasteiger partial charge in [-0.15, -0.1) is 11.3 Å². The van der Waals surface area contributed by atoms with Gasteiger partial charge in [0.05, 0.1) is 12.7 Å². The molecular formula is C15H29NOS. The third-order valence-corrected chi connectivity index (χ3v) is 3.30. The Labute approximate surface area is 117 Å². The van der Waals surface area contributed by atoms with E-state index in [9.17, 15) is 0 Å². The summed E-state index contributed by atoms with van der Waals surface area (Å²) in [7, 11) is 0. The van der Waals surface area contributed by atoms with Gasteiger partial charge in [0.1, 0.15) is 0 Å². The van der Waals surface area contributed by atoms with Crippen molar-refractivity contribution in [1.29, 1.82) is 0 Å². The first-order valence-corrected chi connectivity index (χ1v) is 7.77. The number of nitrogens with two attached hydrogens (primary N) is 1. The van der Waals surface area contributed by atoms with E-state index in [0.717, 1.165) is 18.9 Å². The molecule has 18 heavy (non-hydrogen) atoms. The molecule has 0 bridgehead atoms. The second-order valence-corrected chi connectivity index (χ2v) is 6.15. The van der Waals surface area contributed by atoms with Crippen LogP contribution in [0.25, 0.3) is 0 Å². The minimum absolute atomic E-state index is 0.152. The lowest BCUT2D eigenvalue weighted by molar-refractivity contribution is 0.0498.